The molecule has 1 aliphatic heterocycles. The van der Waals surface area contributed by atoms with Gasteiger partial charge in [-0.25, -0.2) is 0 Å². The number of hydrogen-bond donors (Lipinski definition) is 2. The Morgan fingerprint density at radius 1 is 1.14 bits per heavy atom. The minimum Gasteiger partial charge on any atom is -0.396 e. The maximum absolute atomic E-state index is 9.19. The minimum atomic E-state index is 0.124. The molecule has 0 bridgehead atoms. The highest BCUT2D eigenvalue weighted by Gasteiger charge is 2.26. The lowest BCUT2D eigenvalue weighted by Crippen LogP contribution is -2.49. The Bertz CT molecular complexity index is 833. The van der Waals surface area contributed by atoms with E-state index in [1.807, 2.05) is 6.07 Å². The minimum absolute atomic E-state index is 0.124. The van der Waals surface area contributed by atoms with E-state index in [0.29, 0.717) is 9.52 Å². The summed E-state index contributed by atoms with van der Waals surface area (Å²) in [5.74, 6) is 0. The highest BCUT2D eigenvalue weighted by Crippen LogP contribution is 2.31. The second-order valence-electron chi connectivity index (χ2n) is 7.16. The van der Waals surface area contributed by atoms with E-state index in [9.17, 15) is 5.11 Å². The van der Waals surface area contributed by atoms with Crippen LogP contribution in [0.3, 0.4) is 0 Å². The van der Waals surface area contributed by atoms with Crippen molar-refractivity contribution in [3.63, 3.8) is 0 Å². The lowest BCUT2D eigenvalue weighted by atomic mass is 10.1. The Hall–Kier alpha value is -2.34. The number of anilines is 1. The fourth-order valence-electron chi connectivity index (χ4n) is 3.33. The average molecular weight is 392 g/mol. The van der Waals surface area contributed by atoms with Crippen LogP contribution in [-0.2, 0) is 0 Å². The zero-order valence-corrected chi connectivity index (χ0v) is 17.9. The van der Waals surface area contributed by atoms with Crippen LogP contribution in [0.15, 0.2) is 65.1 Å². The molecule has 1 heterocycles. The largest absolute Gasteiger partial charge is 0.396 e. The number of rotatable bonds is 8. The van der Waals surface area contributed by atoms with Crippen molar-refractivity contribution in [1.29, 1.82) is 0 Å². The number of nitrogens with zero attached hydrogens (tertiary/aromatic N) is 2. The van der Waals surface area contributed by atoms with E-state index in [1.165, 1.54) is 27.3 Å². The molecule has 2 N–H and O–H groups in total. The first-order valence-electron chi connectivity index (χ1n) is 9.69. The van der Waals surface area contributed by atoms with E-state index in [1.54, 1.807) is 0 Å². The molecule has 5 heteroatoms. The van der Waals surface area contributed by atoms with Gasteiger partial charge in [0.15, 0.2) is 0 Å². The van der Waals surface area contributed by atoms with Gasteiger partial charge in [-0.3, -0.25) is 5.32 Å². The van der Waals surface area contributed by atoms with Gasteiger partial charge in [-0.1, -0.05) is 54.6 Å². The third kappa shape index (κ3) is 4.92. The monoisotopic (exact) mass is 391 g/mol. The van der Waals surface area contributed by atoms with E-state index < -0.39 is 0 Å². The van der Waals surface area contributed by atoms with Gasteiger partial charge in [0.2, 0.25) is 0 Å². The third-order valence-electron chi connectivity index (χ3n) is 4.84. The van der Waals surface area contributed by atoms with Crippen molar-refractivity contribution in [2.45, 2.75) is 12.6 Å². The maximum Gasteiger partial charge on any atom is 0.143 e. The van der Waals surface area contributed by atoms with Crippen LogP contribution >= 0.6 is 0 Å². The average Bonchev–Trinajstić information content (AvgIpc) is 2.70. The molecule has 1 aliphatic rings. The molecule has 4 nitrogen and oxygen atoms in total. The van der Waals surface area contributed by atoms with E-state index in [4.69, 9.17) is 0 Å². The number of benzene rings is 2. The predicted octanol–water partition coefficient (Wildman–Crippen LogP) is 3.04. The van der Waals surface area contributed by atoms with Crippen molar-refractivity contribution in [3.05, 3.63) is 76.2 Å². The molecule has 28 heavy (non-hydrogen) atoms. The quantitative estimate of drug-likeness (QED) is 0.536. The Kier molecular flexibility index (Phi) is 7.09. The fraction of sp³-hybridized carbons (Fsp3) is 0.304. The van der Waals surface area contributed by atoms with Crippen LogP contribution in [0.25, 0.3) is 12.2 Å². The SMILES string of the molecule is CN(C)C(=Cc1ccccc1)[Si]C1=Cc2ccccc2N(C)C1NCCCO. The fourth-order valence-corrected chi connectivity index (χ4v) is 4.74. The maximum atomic E-state index is 9.19. The first-order chi connectivity index (χ1) is 13.6. The summed E-state index contributed by atoms with van der Waals surface area (Å²) < 4.78 is 0. The second kappa shape index (κ2) is 9.73. The Labute approximate surface area is 171 Å². The van der Waals surface area contributed by atoms with Crippen LogP contribution in [-0.4, -0.2) is 60.0 Å². The number of para-hydroxylation sites is 1. The van der Waals surface area contributed by atoms with Crippen LogP contribution in [0.2, 0.25) is 0 Å². The number of likely N-dealkylation sites (N-methyl/N-ethyl adjacent to an activating group) is 1. The molecule has 0 saturated carbocycles. The zero-order chi connectivity index (χ0) is 19.9. The van der Waals surface area contributed by atoms with Gasteiger partial charge in [-0.2, -0.15) is 0 Å². The van der Waals surface area contributed by atoms with E-state index in [-0.39, 0.29) is 12.8 Å². The molecule has 1 unspecified atom stereocenters. The number of fused-ring (bicyclic) bond motifs is 1. The van der Waals surface area contributed by atoms with Gasteiger partial charge in [-0.05, 0) is 46.8 Å². The summed E-state index contributed by atoms with van der Waals surface area (Å²) in [6.07, 6.45) is 5.47. The molecule has 0 aromatic heterocycles. The molecule has 0 spiro atoms. The summed E-state index contributed by atoms with van der Waals surface area (Å²) in [5, 5.41) is 15.5. The Morgan fingerprint density at radius 2 is 1.86 bits per heavy atom. The van der Waals surface area contributed by atoms with Crippen LogP contribution in [0, 0.1) is 0 Å². The van der Waals surface area contributed by atoms with Gasteiger partial charge in [0.05, 0.1) is 6.17 Å². The van der Waals surface area contributed by atoms with Crippen molar-refractivity contribution < 1.29 is 5.11 Å². The zero-order valence-electron chi connectivity index (χ0n) is 16.9. The van der Waals surface area contributed by atoms with Gasteiger partial charge in [0, 0.05) is 33.4 Å². The molecule has 3 rings (SSSR count). The molecule has 0 saturated heterocycles. The molecule has 146 valence electrons. The smallest absolute Gasteiger partial charge is 0.143 e. The Morgan fingerprint density at radius 3 is 2.57 bits per heavy atom. The van der Waals surface area contributed by atoms with Crippen LogP contribution < -0.4 is 10.2 Å². The summed E-state index contributed by atoms with van der Waals surface area (Å²) in [5.41, 5.74) is 3.70. The van der Waals surface area contributed by atoms with E-state index in [2.05, 4.69) is 96.9 Å². The lowest BCUT2D eigenvalue weighted by molar-refractivity contribution is 0.284. The number of aliphatic hydroxyl groups excluding tert-OH is 1. The van der Waals surface area contributed by atoms with E-state index >= 15 is 0 Å². The normalized spacial score (nSPS) is 16.6. The topological polar surface area (TPSA) is 38.7 Å². The molecule has 0 aliphatic carbocycles. The van der Waals surface area contributed by atoms with Gasteiger partial charge in [-0.15, -0.1) is 0 Å². The first-order valence-corrected chi connectivity index (χ1v) is 10.7. The van der Waals surface area contributed by atoms with Crippen LogP contribution in [0.5, 0.6) is 0 Å². The third-order valence-corrected chi connectivity index (χ3v) is 6.39. The molecule has 2 radical (unpaired) electrons. The first kappa shape index (κ1) is 20.4. The summed E-state index contributed by atoms with van der Waals surface area (Å²) in [7, 11) is 6.91. The summed E-state index contributed by atoms with van der Waals surface area (Å²) in [6.45, 7) is 0.993. The van der Waals surface area contributed by atoms with Crippen molar-refractivity contribution in [2.75, 3.05) is 39.2 Å². The molecule has 0 amide bonds. The summed E-state index contributed by atoms with van der Waals surface area (Å²) >= 11 is 0. The van der Waals surface area contributed by atoms with Crippen molar-refractivity contribution in [1.82, 2.24) is 10.2 Å². The molecular formula is C23H29N3OSi. The highest BCUT2D eigenvalue weighted by molar-refractivity contribution is 6.56. The van der Waals surface area contributed by atoms with Gasteiger partial charge >= 0.3 is 0 Å². The van der Waals surface area contributed by atoms with Gasteiger partial charge < -0.3 is 14.9 Å². The molecule has 0 fully saturated rings. The van der Waals surface area contributed by atoms with Gasteiger partial charge in [0.1, 0.15) is 9.52 Å². The summed E-state index contributed by atoms with van der Waals surface area (Å²) in [6, 6.07) is 19.0. The standard InChI is InChI=1S/C23H29N3OSi/c1-25(2)22(16-18-10-5-4-6-11-18)28-21-17-19-12-7-8-13-20(19)26(3)23(21)24-14-9-15-27/h4-8,10-13,16-17,23-24,27H,9,14-15H2,1-3H3. The van der Waals surface area contributed by atoms with Gasteiger partial charge in [0.25, 0.3) is 0 Å². The van der Waals surface area contributed by atoms with Crippen molar-refractivity contribution in [3.8, 4) is 0 Å². The van der Waals surface area contributed by atoms with Crippen LogP contribution in [0.4, 0.5) is 5.69 Å². The number of aliphatic hydroxyl groups is 1. The van der Waals surface area contributed by atoms with E-state index in [0.717, 1.165) is 13.0 Å². The molecular weight excluding hydrogens is 362 g/mol. The summed E-state index contributed by atoms with van der Waals surface area (Å²) in [4.78, 5) is 4.52. The Balaban J connectivity index is 1.92. The van der Waals surface area contributed by atoms with Crippen molar-refractivity contribution >= 4 is 27.4 Å². The molecule has 2 aromatic rings. The molecule has 2 aromatic carbocycles. The van der Waals surface area contributed by atoms with Crippen LogP contribution in [0.1, 0.15) is 17.5 Å². The predicted molar refractivity (Wildman–Crippen MR) is 120 cm³/mol. The lowest BCUT2D eigenvalue weighted by Gasteiger charge is -2.38. The number of hydrogen-bond acceptors (Lipinski definition) is 4. The number of nitrogens with one attached hydrogen (secondary N) is 1. The second-order valence-corrected chi connectivity index (χ2v) is 8.50. The van der Waals surface area contributed by atoms with Crippen molar-refractivity contribution in [2.24, 2.45) is 0 Å². The highest BCUT2D eigenvalue weighted by atomic mass is 28.2. The molecule has 1 atom stereocenters.